The summed E-state index contributed by atoms with van der Waals surface area (Å²) >= 11 is 0. The van der Waals surface area contributed by atoms with Crippen LogP contribution in [0, 0.1) is 6.92 Å². The summed E-state index contributed by atoms with van der Waals surface area (Å²) in [7, 11) is 0. The van der Waals surface area contributed by atoms with Crippen LogP contribution in [0.2, 0.25) is 0 Å². The van der Waals surface area contributed by atoms with Crippen molar-refractivity contribution in [2.75, 3.05) is 25.1 Å². The second kappa shape index (κ2) is 9.79. The van der Waals surface area contributed by atoms with Gasteiger partial charge in [-0.1, -0.05) is 18.2 Å². The maximum absolute atomic E-state index is 12.5. The molecule has 2 heterocycles. The predicted octanol–water partition coefficient (Wildman–Crippen LogP) is 3.61. The smallest absolute Gasteiger partial charge is 0.338 e. The second-order valence-corrected chi connectivity index (χ2v) is 7.97. The lowest BCUT2D eigenvalue weighted by atomic mass is 10.2. The van der Waals surface area contributed by atoms with Gasteiger partial charge in [0.05, 0.1) is 16.6 Å². The van der Waals surface area contributed by atoms with E-state index in [1.165, 1.54) is 0 Å². The van der Waals surface area contributed by atoms with Crippen molar-refractivity contribution >= 4 is 34.6 Å². The van der Waals surface area contributed by atoms with Gasteiger partial charge >= 0.3 is 12.0 Å². The number of hydrogen-bond donors (Lipinski definition) is 2. The van der Waals surface area contributed by atoms with Crippen molar-refractivity contribution in [1.29, 1.82) is 0 Å². The molecule has 4 aromatic rings. The van der Waals surface area contributed by atoms with Gasteiger partial charge in [-0.25, -0.2) is 14.6 Å². The molecule has 36 heavy (non-hydrogen) atoms. The second-order valence-electron chi connectivity index (χ2n) is 7.97. The van der Waals surface area contributed by atoms with E-state index in [-0.39, 0.29) is 5.56 Å². The lowest BCUT2D eigenvalue weighted by molar-refractivity contribution is -0.123. The van der Waals surface area contributed by atoms with E-state index in [1.54, 1.807) is 36.4 Å². The van der Waals surface area contributed by atoms with Gasteiger partial charge in [0.1, 0.15) is 19.0 Å². The molecular weight excluding hydrogens is 464 g/mol. The van der Waals surface area contributed by atoms with E-state index in [9.17, 15) is 14.4 Å². The Bertz CT molecular complexity index is 1460. The van der Waals surface area contributed by atoms with Gasteiger partial charge in [0.2, 0.25) is 0 Å². The molecule has 5 rings (SSSR count). The van der Waals surface area contributed by atoms with Crippen LogP contribution < -0.4 is 20.1 Å². The minimum Gasteiger partial charge on any atom is -0.486 e. The molecule has 10 nitrogen and oxygen atoms in total. The fourth-order valence-electron chi connectivity index (χ4n) is 3.89. The minimum atomic E-state index is -0.774. The number of nitrogens with zero attached hydrogens (tertiary/aromatic N) is 2. The van der Waals surface area contributed by atoms with Gasteiger partial charge in [0, 0.05) is 17.4 Å². The summed E-state index contributed by atoms with van der Waals surface area (Å²) < 4.78 is 18.0. The van der Waals surface area contributed by atoms with Crippen molar-refractivity contribution in [2.45, 2.75) is 6.92 Å². The predicted molar refractivity (Wildman–Crippen MR) is 131 cm³/mol. The van der Waals surface area contributed by atoms with Gasteiger partial charge in [-0.15, -0.1) is 0 Å². The van der Waals surface area contributed by atoms with Crippen LogP contribution in [-0.2, 0) is 9.53 Å². The number of carbonyl (C=O) groups is 3. The summed E-state index contributed by atoms with van der Waals surface area (Å²) in [4.78, 5) is 41.3. The molecule has 0 saturated heterocycles. The standard InChI is InChI=1S/C26H22N4O6/c1-16-27-20-13-17(7-9-21(20)30(16)19-5-3-2-4-6-19)25(32)36-15-24(31)29-26(33)28-18-8-10-22-23(14-18)35-12-11-34-22/h2-10,13-14H,11-12,15H2,1H3,(H2,28,29,31,33). The molecule has 0 spiro atoms. The van der Waals surface area contributed by atoms with Crippen molar-refractivity contribution in [3.8, 4) is 17.2 Å². The summed E-state index contributed by atoms with van der Waals surface area (Å²) in [6.45, 7) is 2.13. The van der Waals surface area contributed by atoms with Gasteiger partial charge in [-0.3, -0.25) is 14.7 Å². The summed E-state index contributed by atoms with van der Waals surface area (Å²) in [6, 6.07) is 18.9. The Morgan fingerprint density at radius 2 is 1.75 bits per heavy atom. The third-order valence-electron chi connectivity index (χ3n) is 5.46. The molecule has 0 atom stereocenters. The number of para-hydroxylation sites is 1. The Hall–Kier alpha value is -4.86. The summed E-state index contributed by atoms with van der Waals surface area (Å²) in [6.07, 6.45) is 0. The number of carbonyl (C=O) groups excluding carboxylic acids is 3. The normalized spacial score (nSPS) is 12.1. The topological polar surface area (TPSA) is 121 Å². The first-order chi connectivity index (χ1) is 17.5. The molecule has 3 aromatic carbocycles. The SMILES string of the molecule is Cc1nc2cc(C(=O)OCC(=O)NC(=O)Nc3ccc4c(c3)OCCO4)ccc2n1-c1ccccc1. The number of rotatable bonds is 5. The Balaban J connectivity index is 1.18. The highest BCUT2D eigenvalue weighted by Gasteiger charge is 2.17. The number of imidazole rings is 1. The molecule has 0 bridgehead atoms. The molecule has 0 radical (unpaired) electrons. The largest absolute Gasteiger partial charge is 0.486 e. The number of urea groups is 1. The quantitative estimate of drug-likeness (QED) is 0.414. The fourth-order valence-corrected chi connectivity index (χ4v) is 3.89. The zero-order valence-electron chi connectivity index (χ0n) is 19.3. The Morgan fingerprint density at radius 3 is 2.56 bits per heavy atom. The van der Waals surface area contributed by atoms with E-state index in [4.69, 9.17) is 14.2 Å². The number of esters is 1. The maximum atomic E-state index is 12.5. The van der Waals surface area contributed by atoms with Crippen LogP contribution in [-0.4, -0.2) is 47.3 Å². The molecule has 0 unspecified atom stereocenters. The Labute approximate surface area is 205 Å². The van der Waals surface area contributed by atoms with Crippen LogP contribution in [0.15, 0.2) is 66.7 Å². The number of aromatic nitrogens is 2. The average molecular weight is 486 g/mol. The molecule has 182 valence electrons. The number of nitrogens with one attached hydrogen (secondary N) is 2. The van der Waals surface area contributed by atoms with E-state index in [0.29, 0.717) is 35.9 Å². The lowest BCUT2D eigenvalue weighted by Gasteiger charge is -2.19. The molecule has 1 aromatic heterocycles. The summed E-state index contributed by atoms with van der Waals surface area (Å²) in [5.74, 6) is 0.371. The van der Waals surface area contributed by atoms with Crippen LogP contribution in [0.3, 0.4) is 0 Å². The number of anilines is 1. The Morgan fingerprint density at radius 1 is 0.972 bits per heavy atom. The molecule has 2 N–H and O–H groups in total. The van der Waals surface area contributed by atoms with Crippen LogP contribution >= 0.6 is 0 Å². The molecule has 0 saturated carbocycles. The van der Waals surface area contributed by atoms with Crippen molar-refractivity contribution in [3.63, 3.8) is 0 Å². The number of aryl methyl sites for hydroxylation is 1. The lowest BCUT2D eigenvalue weighted by Crippen LogP contribution is -2.37. The number of imide groups is 1. The van der Waals surface area contributed by atoms with Crippen LogP contribution in [0.4, 0.5) is 10.5 Å². The molecule has 0 aliphatic carbocycles. The van der Waals surface area contributed by atoms with Crippen molar-refractivity contribution in [2.24, 2.45) is 0 Å². The van der Waals surface area contributed by atoms with Gasteiger partial charge in [-0.2, -0.15) is 0 Å². The van der Waals surface area contributed by atoms with E-state index < -0.39 is 24.5 Å². The van der Waals surface area contributed by atoms with Crippen molar-refractivity contribution < 1.29 is 28.6 Å². The average Bonchev–Trinajstić information content (AvgIpc) is 3.22. The molecular formula is C26H22N4O6. The number of benzene rings is 3. The van der Waals surface area contributed by atoms with Crippen molar-refractivity contribution in [1.82, 2.24) is 14.9 Å². The Kier molecular flexibility index (Phi) is 6.23. The zero-order valence-corrected chi connectivity index (χ0v) is 19.3. The van der Waals surface area contributed by atoms with E-state index in [2.05, 4.69) is 15.6 Å². The van der Waals surface area contributed by atoms with Crippen LogP contribution in [0.25, 0.3) is 16.7 Å². The van der Waals surface area contributed by atoms with Crippen LogP contribution in [0.5, 0.6) is 11.5 Å². The van der Waals surface area contributed by atoms with E-state index in [1.807, 2.05) is 41.8 Å². The minimum absolute atomic E-state index is 0.244. The summed E-state index contributed by atoms with van der Waals surface area (Å²) in [5.41, 5.74) is 3.07. The monoisotopic (exact) mass is 486 g/mol. The van der Waals surface area contributed by atoms with Crippen LogP contribution in [0.1, 0.15) is 16.2 Å². The first-order valence-electron chi connectivity index (χ1n) is 11.2. The summed E-state index contributed by atoms with van der Waals surface area (Å²) in [5, 5.41) is 4.65. The zero-order chi connectivity index (χ0) is 25.1. The molecule has 3 amide bonds. The number of fused-ring (bicyclic) bond motifs is 2. The maximum Gasteiger partial charge on any atom is 0.338 e. The van der Waals surface area contributed by atoms with Crippen molar-refractivity contribution in [3.05, 3.63) is 78.1 Å². The third-order valence-corrected chi connectivity index (χ3v) is 5.46. The molecule has 1 aliphatic rings. The van der Waals surface area contributed by atoms with E-state index in [0.717, 1.165) is 17.0 Å². The molecule has 1 aliphatic heterocycles. The van der Waals surface area contributed by atoms with E-state index >= 15 is 0 Å². The van der Waals surface area contributed by atoms with Gasteiger partial charge < -0.3 is 19.5 Å². The number of hydrogen-bond acceptors (Lipinski definition) is 7. The highest BCUT2D eigenvalue weighted by atomic mass is 16.6. The van der Waals surface area contributed by atoms with Gasteiger partial charge in [0.15, 0.2) is 18.1 Å². The molecule has 10 heteroatoms. The highest BCUT2D eigenvalue weighted by molar-refractivity contribution is 6.02. The highest BCUT2D eigenvalue weighted by Crippen LogP contribution is 2.32. The first-order valence-corrected chi connectivity index (χ1v) is 11.2. The molecule has 0 fully saturated rings. The third kappa shape index (κ3) is 4.83. The van der Waals surface area contributed by atoms with Gasteiger partial charge in [0.25, 0.3) is 5.91 Å². The number of ether oxygens (including phenoxy) is 3. The fraction of sp³-hybridized carbons (Fsp3) is 0.154. The first kappa shape index (κ1) is 22.9. The van der Waals surface area contributed by atoms with Gasteiger partial charge in [-0.05, 0) is 49.4 Å². The number of amides is 3.